The summed E-state index contributed by atoms with van der Waals surface area (Å²) < 4.78 is 0. The first-order chi connectivity index (χ1) is 13.2. The number of benzene rings is 3. The lowest BCUT2D eigenvalue weighted by molar-refractivity contribution is 0.0666. The number of nitrogens with one attached hydrogen (secondary N) is 1. The van der Waals surface area contributed by atoms with E-state index in [9.17, 15) is 4.79 Å². The van der Waals surface area contributed by atoms with Gasteiger partial charge in [-0.05, 0) is 42.3 Å². The summed E-state index contributed by atoms with van der Waals surface area (Å²) in [5, 5.41) is 12.5. The minimum atomic E-state index is -0.290. The lowest BCUT2D eigenvalue weighted by Crippen LogP contribution is -2.42. The third kappa shape index (κ3) is 3.28. The molecule has 1 N–H and O–H groups in total. The topological polar surface area (TPSA) is 56.1 Å². The van der Waals surface area contributed by atoms with Gasteiger partial charge in [0.2, 0.25) is 0 Å². The molecule has 27 heavy (non-hydrogen) atoms. The van der Waals surface area contributed by atoms with Gasteiger partial charge in [-0.25, -0.2) is 0 Å². The van der Waals surface area contributed by atoms with Crippen molar-refractivity contribution < 1.29 is 4.79 Å². The van der Waals surface area contributed by atoms with Crippen molar-refractivity contribution in [1.82, 2.24) is 4.90 Å². The number of nitrogens with zero attached hydrogens (tertiary/aromatic N) is 2. The summed E-state index contributed by atoms with van der Waals surface area (Å²) >= 11 is 0. The largest absolute Gasteiger partial charge is 0.361 e. The van der Waals surface area contributed by atoms with Gasteiger partial charge in [0.15, 0.2) is 0 Å². The van der Waals surface area contributed by atoms with Crippen molar-refractivity contribution in [1.29, 1.82) is 5.26 Å². The maximum atomic E-state index is 13.2. The Morgan fingerprint density at radius 3 is 2.41 bits per heavy atom. The quantitative estimate of drug-likeness (QED) is 0.747. The second-order valence-corrected chi connectivity index (χ2v) is 6.74. The SMILES string of the molecule is Cc1ccc(CN2C(=O)c3ccccc3N[C@@H]2c2ccc(C#N)cc2)cc1. The van der Waals surface area contributed by atoms with Gasteiger partial charge >= 0.3 is 0 Å². The summed E-state index contributed by atoms with van der Waals surface area (Å²) in [5.74, 6) is -0.000662. The van der Waals surface area contributed by atoms with Gasteiger partial charge in [-0.2, -0.15) is 5.26 Å². The second kappa shape index (κ2) is 6.97. The van der Waals surface area contributed by atoms with Crippen LogP contribution in [0, 0.1) is 18.3 Å². The minimum absolute atomic E-state index is 0.000662. The van der Waals surface area contributed by atoms with E-state index in [0.717, 1.165) is 16.8 Å². The van der Waals surface area contributed by atoms with Crippen LogP contribution in [0.25, 0.3) is 0 Å². The lowest BCUT2D eigenvalue weighted by atomic mass is 10.0. The van der Waals surface area contributed by atoms with Gasteiger partial charge < -0.3 is 10.2 Å². The van der Waals surface area contributed by atoms with Crippen LogP contribution in [0.2, 0.25) is 0 Å². The first kappa shape index (κ1) is 16.9. The molecule has 4 nitrogen and oxygen atoms in total. The highest BCUT2D eigenvalue weighted by Gasteiger charge is 2.32. The molecule has 1 heterocycles. The molecule has 0 bridgehead atoms. The van der Waals surface area contributed by atoms with Crippen LogP contribution in [0.3, 0.4) is 0 Å². The molecule has 3 aromatic carbocycles. The van der Waals surface area contributed by atoms with E-state index in [1.165, 1.54) is 5.56 Å². The van der Waals surface area contributed by atoms with Gasteiger partial charge in [0, 0.05) is 12.2 Å². The number of carbonyl (C=O) groups is 1. The van der Waals surface area contributed by atoms with E-state index in [1.807, 2.05) is 48.2 Å². The van der Waals surface area contributed by atoms with E-state index in [1.54, 1.807) is 12.1 Å². The summed E-state index contributed by atoms with van der Waals surface area (Å²) in [6, 6.07) is 25.3. The van der Waals surface area contributed by atoms with Crippen molar-refractivity contribution in [2.24, 2.45) is 0 Å². The van der Waals surface area contributed by atoms with Crippen LogP contribution in [0.1, 0.15) is 38.8 Å². The van der Waals surface area contributed by atoms with E-state index in [4.69, 9.17) is 5.26 Å². The van der Waals surface area contributed by atoms with Crippen molar-refractivity contribution >= 4 is 11.6 Å². The molecule has 4 heteroatoms. The summed E-state index contributed by atoms with van der Waals surface area (Å²) in [6.07, 6.45) is -0.290. The first-order valence-electron chi connectivity index (χ1n) is 8.88. The van der Waals surface area contributed by atoms with Crippen LogP contribution in [0.4, 0.5) is 5.69 Å². The van der Waals surface area contributed by atoms with Gasteiger partial charge in [0.1, 0.15) is 6.17 Å². The molecule has 4 rings (SSSR count). The number of hydrogen-bond donors (Lipinski definition) is 1. The van der Waals surface area contributed by atoms with E-state index < -0.39 is 0 Å². The smallest absolute Gasteiger partial charge is 0.258 e. The number of aryl methyl sites for hydroxylation is 1. The van der Waals surface area contributed by atoms with Gasteiger partial charge in [-0.1, -0.05) is 54.1 Å². The van der Waals surface area contributed by atoms with E-state index >= 15 is 0 Å². The Hall–Kier alpha value is -3.58. The molecule has 1 amide bonds. The maximum Gasteiger partial charge on any atom is 0.258 e. The van der Waals surface area contributed by atoms with Crippen molar-refractivity contribution in [2.75, 3.05) is 5.32 Å². The zero-order valence-electron chi connectivity index (χ0n) is 15.0. The zero-order chi connectivity index (χ0) is 18.8. The molecule has 1 aliphatic heterocycles. The number of amides is 1. The average Bonchev–Trinajstić information content (AvgIpc) is 2.71. The summed E-state index contributed by atoms with van der Waals surface area (Å²) in [6.45, 7) is 2.55. The van der Waals surface area contributed by atoms with E-state index in [-0.39, 0.29) is 12.1 Å². The lowest BCUT2D eigenvalue weighted by Gasteiger charge is -2.38. The Bertz CT molecular complexity index is 1020. The number of nitriles is 1. The van der Waals surface area contributed by atoms with Crippen LogP contribution in [-0.4, -0.2) is 10.8 Å². The molecule has 0 saturated carbocycles. The molecule has 1 aliphatic rings. The van der Waals surface area contributed by atoms with Crippen LogP contribution in [0.15, 0.2) is 72.8 Å². The monoisotopic (exact) mass is 353 g/mol. The average molecular weight is 353 g/mol. The second-order valence-electron chi connectivity index (χ2n) is 6.74. The van der Waals surface area contributed by atoms with Crippen LogP contribution in [0.5, 0.6) is 0 Å². The van der Waals surface area contributed by atoms with Crippen LogP contribution >= 0.6 is 0 Å². The molecular weight excluding hydrogens is 334 g/mol. The predicted octanol–water partition coefficient (Wildman–Crippen LogP) is 4.63. The van der Waals surface area contributed by atoms with Crippen molar-refractivity contribution in [2.45, 2.75) is 19.6 Å². The van der Waals surface area contributed by atoms with Gasteiger partial charge in [0.05, 0.1) is 17.2 Å². The predicted molar refractivity (Wildman–Crippen MR) is 105 cm³/mol. The number of rotatable bonds is 3. The maximum absolute atomic E-state index is 13.2. The normalized spacial score (nSPS) is 15.6. The molecule has 0 unspecified atom stereocenters. The van der Waals surface area contributed by atoms with Crippen molar-refractivity contribution in [3.05, 3.63) is 101 Å². The molecular formula is C23H19N3O. The molecule has 0 spiro atoms. The minimum Gasteiger partial charge on any atom is -0.361 e. The third-order valence-corrected chi connectivity index (χ3v) is 4.85. The molecule has 0 aliphatic carbocycles. The summed E-state index contributed by atoms with van der Waals surface area (Å²) in [7, 11) is 0. The Labute approximate surface area is 158 Å². The molecule has 132 valence electrons. The number of carbonyl (C=O) groups excluding carboxylic acids is 1. The molecule has 3 aromatic rings. The standard InChI is InChI=1S/C23H19N3O/c1-16-6-8-18(9-7-16)15-26-22(19-12-10-17(14-24)11-13-19)25-21-5-3-2-4-20(21)23(26)27/h2-13,22,25H,15H2,1H3/t22-/m0/s1. The van der Waals surface area contributed by atoms with Crippen molar-refractivity contribution in [3.8, 4) is 6.07 Å². The Balaban J connectivity index is 1.74. The fraction of sp³-hybridized carbons (Fsp3) is 0.130. The Morgan fingerprint density at radius 2 is 1.70 bits per heavy atom. The van der Waals surface area contributed by atoms with Gasteiger partial charge in [-0.3, -0.25) is 4.79 Å². The molecule has 1 atom stereocenters. The first-order valence-corrected chi connectivity index (χ1v) is 8.88. The van der Waals surface area contributed by atoms with E-state index in [0.29, 0.717) is 17.7 Å². The Kier molecular flexibility index (Phi) is 4.35. The number of para-hydroxylation sites is 1. The highest BCUT2D eigenvalue weighted by molar-refractivity contribution is 6.01. The number of fused-ring (bicyclic) bond motifs is 1. The molecule has 0 fully saturated rings. The summed E-state index contributed by atoms with van der Waals surface area (Å²) in [4.78, 5) is 15.1. The number of anilines is 1. The third-order valence-electron chi connectivity index (χ3n) is 4.85. The Morgan fingerprint density at radius 1 is 1.00 bits per heavy atom. The summed E-state index contributed by atoms with van der Waals surface area (Å²) in [5.41, 5.74) is 5.33. The zero-order valence-corrected chi connectivity index (χ0v) is 15.0. The van der Waals surface area contributed by atoms with Crippen molar-refractivity contribution in [3.63, 3.8) is 0 Å². The fourth-order valence-electron chi connectivity index (χ4n) is 3.35. The van der Waals surface area contributed by atoms with Gasteiger partial charge in [-0.15, -0.1) is 0 Å². The highest BCUT2D eigenvalue weighted by atomic mass is 16.2. The molecule has 0 saturated heterocycles. The van der Waals surface area contributed by atoms with Gasteiger partial charge in [0.25, 0.3) is 5.91 Å². The van der Waals surface area contributed by atoms with Crippen LogP contribution < -0.4 is 5.32 Å². The van der Waals surface area contributed by atoms with Crippen LogP contribution in [-0.2, 0) is 6.54 Å². The molecule has 0 aromatic heterocycles. The fourth-order valence-corrected chi connectivity index (χ4v) is 3.35. The highest BCUT2D eigenvalue weighted by Crippen LogP contribution is 2.34. The number of hydrogen-bond acceptors (Lipinski definition) is 3. The molecule has 0 radical (unpaired) electrons. The van der Waals surface area contributed by atoms with E-state index in [2.05, 4.69) is 35.7 Å².